The van der Waals surface area contributed by atoms with Gasteiger partial charge in [0.1, 0.15) is 0 Å². The standard InChI is InChI=1S/C12H16O.C7H8O.Fe/c1-12(2,3)9-8-11(13)10-6-4-5-7-10;1-6(8)7-4-2-3-5-7;/h4-9,13H,1-3H3;2-5,8H,1H3;/q;;+2/p-2. The Kier molecular flexibility index (Phi) is 8.62. The van der Waals surface area contributed by atoms with Crippen molar-refractivity contribution in [2.75, 3.05) is 0 Å². The summed E-state index contributed by atoms with van der Waals surface area (Å²) < 4.78 is 0. The molecule has 0 atom stereocenters. The van der Waals surface area contributed by atoms with Crippen LogP contribution in [0.25, 0.3) is 0 Å². The molecule has 0 N–H and O–H groups in total. The van der Waals surface area contributed by atoms with Crippen LogP contribution in [0.4, 0.5) is 0 Å². The van der Waals surface area contributed by atoms with Gasteiger partial charge in [0.05, 0.1) is 0 Å². The fraction of sp³-hybridized carbons (Fsp3) is 0.263. The molecule has 2 aliphatic rings. The van der Waals surface area contributed by atoms with E-state index in [0.717, 1.165) is 11.1 Å². The minimum Gasteiger partial charge on any atom is -0.875 e. The topological polar surface area (TPSA) is 46.1 Å². The van der Waals surface area contributed by atoms with Crippen LogP contribution in [-0.4, -0.2) is 0 Å². The first-order valence-corrected chi connectivity index (χ1v) is 6.97. The molecule has 0 heterocycles. The Morgan fingerprint density at radius 2 is 1.27 bits per heavy atom. The molecular weight excluding hydrogens is 316 g/mol. The van der Waals surface area contributed by atoms with Crippen LogP contribution in [0.3, 0.4) is 0 Å². The van der Waals surface area contributed by atoms with E-state index in [1.165, 1.54) is 0 Å². The average Bonchev–Trinajstić information content (AvgIpc) is 3.08. The van der Waals surface area contributed by atoms with Crippen molar-refractivity contribution >= 4 is 0 Å². The van der Waals surface area contributed by atoms with Crippen molar-refractivity contribution in [2.45, 2.75) is 27.7 Å². The zero-order valence-electron chi connectivity index (χ0n) is 13.4. The summed E-state index contributed by atoms with van der Waals surface area (Å²) in [6.07, 6.45) is 18.3. The molecular formula is C19H22FeO2. The zero-order valence-corrected chi connectivity index (χ0v) is 14.5. The Morgan fingerprint density at radius 1 is 0.864 bits per heavy atom. The normalized spacial score (nSPS) is 15.1. The van der Waals surface area contributed by atoms with E-state index in [9.17, 15) is 10.2 Å². The summed E-state index contributed by atoms with van der Waals surface area (Å²) in [5.74, 6) is 0.218. The molecule has 3 heteroatoms. The van der Waals surface area contributed by atoms with Crippen LogP contribution in [0, 0.1) is 5.41 Å². The van der Waals surface area contributed by atoms with E-state index in [1.807, 2.05) is 54.7 Å². The first-order chi connectivity index (χ1) is 9.79. The second-order valence-electron chi connectivity index (χ2n) is 5.97. The van der Waals surface area contributed by atoms with Crippen molar-refractivity contribution in [3.63, 3.8) is 0 Å². The summed E-state index contributed by atoms with van der Waals surface area (Å²) in [5.41, 5.74) is 1.63. The largest absolute Gasteiger partial charge is 2.00 e. The molecule has 2 nitrogen and oxygen atoms in total. The molecule has 0 fully saturated rings. The van der Waals surface area contributed by atoms with Crippen LogP contribution < -0.4 is 10.2 Å². The van der Waals surface area contributed by atoms with Gasteiger partial charge in [-0.2, -0.15) is 0 Å². The van der Waals surface area contributed by atoms with Crippen molar-refractivity contribution in [3.8, 4) is 0 Å². The predicted octanol–water partition coefficient (Wildman–Crippen LogP) is 3.07. The molecule has 118 valence electrons. The second kappa shape index (κ2) is 9.34. The van der Waals surface area contributed by atoms with Gasteiger partial charge in [-0.1, -0.05) is 88.5 Å². The maximum atomic E-state index is 11.5. The average molecular weight is 338 g/mol. The third-order valence-corrected chi connectivity index (χ3v) is 2.75. The Morgan fingerprint density at radius 3 is 1.59 bits per heavy atom. The smallest absolute Gasteiger partial charge is 0.875 e. The van der Waals surface area contributed by atoms with Gasteiger partial charge in [-0.25, -0.2) is 0 Å². The summed E-state index contributed by atoms with van der Waals surface area (Å²) in [6, 6.07) is 0. The molecule has 2 rings (SSSR count). The van der Waals surface area contributed by atoms with Crippen LogP contribution in [0.1, 0.15) is 27.7 Å². The van der Waals surface area contributed by atoms with Gasteiger partial charge in [-0.3, -0.25) is 0 Å². The van der Waals surface area contributed by atoms with E-state index in [-0.39, 0.29) is 34.0 Å². The van der Waals surface area contributed by atoms with Crippen molar-refractivity contribution in [1.29, 1.82) is 0 Å². The van der Waals surface area contributed by atoms with E-state index in [1.54, 1.807) is 13.0 Å². The fourth-order valence-corrected chi connectivity index (χ4v) is 1.57. The third-order valence-electron chi connectivity index (χ3n) is 2.75. The Bertz CT molecular complexity index is 545. The molecule has 22 heavy (non-hydrogen) atoms. The van der Waals surface area contributed by atoms with Crippen molar-refractivity contribution in [1.82, 2.24) is 0 Å². The van der Waals surface area contributed by atoms with Gasteiger partial charge >= 0.3 is 17.1 Å². The van der Waals surface area contributed by atoms with Crippen LogP contribution in [0.2, 0.25) is 0 Å². The molecule has 2 aliphatic carbocycles. The van der Waals surface area contributed by atoms with Gasteiger partial charge in [0.2, 0.25) is 0 Å². The van der Waals surface area contributed by atoms with Crippen LogP contribution in [0.15, 0.2) is 83.4 Å². The molecule has 0 saturated carbocycles. The zero-order chi connectivity index (χ0) is 15.9. The number of rotatable bonds is 1. The molecule has 0 aromatic rings. The van der Waals surface area contributed by atoms with Crippen molar-refractivity contribution in [3.05, 3.63) is 83.4 Å². The molecule has 0 aromatic carbocycles. The van der Waals surface area contributed by atoms with E-state index in [0.29, 0.717) is 0 Å². The molecule has 0 bridgehead atoms. The quantitative estimate of drug-likeness (QED) is 0.545. The maximum Gasteiger partial charge on any atom is 2.00 e. The molecule has 0 radical (unpaired) electrons. The first kappa shape index (κ1) is 20.3. The number of hydrogen-bond acceptors (Lipinski definition) is 2. The second-order valence-corrected chi connectivity index (χ2v) is 5.97. The van der Waals surface area contributed by atoms with E-state index in [4.69, 9.17) is 0 Å². The predicted molar refractivity (Wildman–Crippen MR) is 84.9 cm³/mol. The van der Waals surface area contributed by atoms with Gasteiger partial charge in [-0.05, 0) is 16.6 Å². The minimum absolute atomic E-state index is 0. The van der Waals surface area contributed by atoms with Crippen LogP contribution in [0.5, 0.6) is 0 Å². The number of hydrogen-bond donors (Lipinski definition) is 0. The Hall–Kier alpha value is -1.70. The van der Waals surface area contributed by atoms with Gasteiger partial charge in [-0.15, -0.1) is 11.5 Å². The summed E-state index contributed by atoms with van der Waals surface area (Å²) in [4.78, 5) is 0. The summed E-state index contributed by atoms with van der Waals surface area (Å²) in [5, 5.41) is 22.0. The van der Waals surface area contributed by atoms with Crippen molar-refractivity contribution < 1.29 is 27.3 Å². The van der Waals surface area contributed by atoms with E-state index >= 15 is 0 Å². The van der Waals surface area contributed by atoms with Crippen LogP contribution >= 0.6 is 0 Å². The van der Waals surface area contributed by atoms with Crippen molar-refractivity contribution in [2.24, 2.45) is 5.41 Å². The molecule has 0 aliphatic heterocycles. The Labute approximate surface area is 144 Å². The minimum atomic E-state index is 0. The molecule has 0 amide bonds. The van der Waals surface area contributed by atoms with Gasteiger partial charge < -0.3 is 10.2 Å². The molecule has 0 saturated heterocycles. The fourth-order valence-electron chi connectivity index (χ4n) is 1.57. The van der Waals surface area contributed by atoms with Gasteiger partial charge in [0.15, 0.2) is 0 Å². The summed E-state index contributed by atoms with van der Waals surface area (Å²) in [7, 11) is 0. The van der Waals surface area contributed by atoms with Gasteiger partial charge in [0.25, 0.3) is 0 Å². The summed E-state index contributed by atoms with van der Waals surface area (Å²) >= 11 is 0. The molecule has 0 unspecified atom stereocenters. The Balaban J connectivity index is 0.000000423. The van der Waals surface area contributed by atoms with Crippen LogP contribution in [-0.2, 0) is 17.1 Å². The van der Waals surface area contributed by atoms with Gasteiger partial charge in [0, 0.05) is 0 Å². The summed E-state index contributed by atoms with van der Waals surface area (Å²) in [6.45, 7) is 7.78. The SMILES string of the molecule is CC(C)(C)C=CC([O-])=C1C=CC=C1.CC([O-])=C1C=CC=C1.[Fe+2]. The monoisotopic (exact) mass is 338 g/mol. The maximum absolute atomic E-state index is 11.5. The van der Waals surface area contributed by atoms with E-state index < -0.39 is 0 Å². The molecule has 0 aromatic heterocycles. The number of allylic oxidation sites excluding steroid dienone is 13. The first-order valence-electron chi connectivity index (χ1n) is 6.97. The molecule has 0 spiro atoms. The third kappa shape index (κ3) is 7.92. The van der Waals surface area contributed by atoms with E-state index in [2.05, 4.69) is 20.8 Å².